The van der Waals surface area contributed by atoms with Gasteiger partial charge in [-0.05, 0) is 29.7 Å². The number of pyridine rings is 1. The number of unbranched alkanes of at least 4 members (excludes halogenated alkanes) is 1. The van der Waals surface area contributed by atoms with Crippen LogP contribution in [0, 0.1) is 0 Å². The molecule has 0 aliphatic heterocycles. The number of hydrogen-bond acceptors (Lipinski definition) is 3. The second-order valence-electron chi connectivity index (χ2n) is 5.48. The summed E-state index contributed by atoms with van der Waals surface area (Å²) in [5.74, 6) is -0.172. The molecule has 0 unspecified atom stereocenters. The van der Waals surface area contributed by atoms with Crippen molar-refractivity contribution in [1.82, 2.24) is 0 Å². The lowest BCUT2D eigenvalue weighted by Crippen LogP contribution is -2.32. The molecule has 1 heterocycles. The van der Waals surface area contributed by atoms with Crippen LogP contribution in [0.1, 0.15) is 30.4 Å². The standard InChI is InChI=1S/C19H21NO4/c1-24-18-14-16(7-8-17(18)21)6-5-15-9-12-20(13-10-15)11-3-2-4-19(22)23/h5-10,12-14H,2-4,11H2,1H3,(H,22,23)/p+1. The first-order valence-electron chi connectivity index (χ1n) is 7.84. The van der Waals surface area contributed by atoms with Gasteiger partial charge in [-0.3, -0.25) is 4.79 Å². The van der Waals surface area contributed by atoms with Gasteiger partial charge in [-0.25, -0.2) is 4.57 Å². The molecule has 5 nitrogen and oxygen atoms in total. The summed E-state index contributed by atoms with van der Waals surface area (Å²) < 4.78 is 7.14. The molecule has 2 rings (SSSR count). The number of rotatable bonds is 8. The SMILES string of the molecule is COc1cc(/C=C\c2cc[n+](CCCCC(=O)O)cc2)ccc1O. The molecule has 2 N–H and O–H groups in total. The van der Waals surface area contributed by atoms with Crippen LogP contribution in [0.25, 0.3) is 12.2 Å². The second-order valence-corrected chi connectivity index (χ2v) is 5.48. The molecule has 0 atom stereocenters. The topological polar surface area (TPSA) is 70.6 Å². The van der Waals surface area contributed by atoms with E-state index in [0.29, 0.717) is 12.2 Å². The number of benzene rings is 1. The molecule has 0 aliphatic rings. The van der Waals surface area contributed by atoms with Crippen molar-refractivity contribution in [3.05, 3.63) is 53.9 Å². The number of methoxy groups -OCH3 is 1. The minimum absolute atomic E-state index is 0.123. The molecule has 0 aliphatic carbocycles. The lowest BCUT2D eigenvalue weighted by Gasteiger charge is -2.03. The number of aliphatic carboxylic acids is 1. The van der Waals surface area contributed by atoms with Crippen molar-refractivity contribution in [2.45, 2.75) is 25.8 Å². The van der Waals surface area contributed by atoms with Gasteiger partial charge >= 0.3 is 5.97 Å². The van der Waals surface area contributed by atoms with Gasteiger partial charge in [-0.2, -0.15) is 0 Å². The van der Waals surface area contributed by atoms with Gasteiger partial charge in [0.1, 0.15) is 6.54 Å². The molecule has 0 fully saturated rings. The lowest BCUT2D eigenvalue weighted by atomic mass is 10.1. The number of nitrogens with zero attached hydrogens (tertiary/aromatic N) is 1. The highest BCUT2D eigenvalue weighted by Gasteiger charge is 2.03. The predicted octanol–water partition coefficient (Wildman–Crippen LogP) is 3.11. The minimum Gasteiger partial charge on any atom is -0.504 e. The van der Waals surface area contributed by atoms with E-state index >= 15 is 0 Å². The molecule has 2 aromatic rings. The first-order chi connectivity index (χ1) is 11.6. The molecule has 126 valence electrons. The summed E-state index contributed by atoms with van der Waals surface area (Å²) in [7, 11) is 1.52. The van der Waals surface area contributed by atoms with Crippen LogP contribution in [0.2, 0.25) is 0 Å². The van der Waals surface area contributed by atoms with Gasteiger partial charge in [0.25, 0.3) is 0 Å². The first-order valence-corrected chi connectivity index (χ1v) is 7.84. The molecule has 24 heavy (non-hydrogen) atoms. The van der Waals surface area contributed by atoms with Gasteiger partial charge in [0, 0.05) is 25.0 Å². The Morgan fingerprint density at radius 1 is 1.12 bits per heavy atom. The summed E-state index contributed by atoms with van der Waals surface area (Å²) in [6.07, 6.45) is 9.66. The van der Waals surface area contributed by atoms with Crippen molar-refractivity contribution in [2.75, 3.05) is 7.11 Å². The number of carboxylic acids is 1. The number of aryl methyl sites for hydroxylation is 1. The maximum absolute atomic E-state index is 10.5. The highest BCUT2D eigenvalue weighted by atomic mass is 16.5. The molecular weight excluding hydrogens is 306 g/mol. The minimum atomic E-state index is -0.744. The Kier molecular flexibility index (Phi) is 6.37. The van der Waals surface area contributed by atoms with Gasteiger partial charge < -0.3 is 14.9 Å². The number of phenols is 1. The monoisotopic (exact) mass is 328 g/mol. The van der Waals surface area contributed by atoms with Crippen molar-refractivity contribution >= 4 is 18.1 Å². The summed E-state index contributed by atoms with van der Waals surface area (Å²) in [6.45, 7) is 0.812. The Bertz CT molecular complexity index is 708. The average molecular weight is 328 g/mol. The number of phenolic OH excluding ortho intramolecular Hbond substituents is 1. The number of aromatic nitrogens is 1. The lowest BCUT2D eigenvalue weighted by molar-refractivity contribution is -0.697. The predicted molar refractivity (Wildman–Crippen MR) is 91.7 cm³/mol. The van der Waals surface area contributed by atoms with Crippen LogP contribution in [-0.2, 0) is 11.3 Å². The van der Waals surface area contributed by atoms with Crippen molar-refractivity contribution in [3.8, 4) is 11.5 Å². The molecule has 1 aromatic heterocycles. The zero-order valence-electron chi connectivity index (χ0n) is 13.7. The second kappa shape index (κ2) is 8.72. The van der Waals surface area contributed by atoms with Gasteiger partial charge in [0.2, 0.25) is 0 Å². The van der Waals surface area contributed by atoms with Crippen LogP contribution in [0.15, 0.2) is 42.7 Å². The van der Waals surface area contributed by atoms with Gasteiger partial charge in [0.05, 0.1) is 7.11 Å². The van der Waals surface area contributed by atoms with Crippen molar-refractivity contribution in [3.63, 3.8) is 0 Å². The largest absolute Gasteiger partial charge is 0.504 e. The third-order valence-electron chi connectivity index (χ3n) is 3.65. The van der Waals surface area contributed by atoms with E-state index in [2.05, 4.69) is 0 Å². The fraction of sp³-hybridized carbons (Fsp3) is 0.263. The molecule has 0 saturated heterocycles. The molecule has 1 aromatic carbocycles. The molecule has 5 heteroatoms. The smallest absolute Gasteiger partial charge is 0.303 e. The van der Waals surface area contributed by atoms with Crippen LogP contribution in [0.4, 0.5) is 0 Å². The quantitative estimate of drug-likeness (QED) is 0.577. The van der Waals surface area contributed by atoms with E-state index in [-0.39, 0.29) is 12.2 Å². The van der Waals surface area contributed by atoms with Gasteiger partial charge in [-0.15, -0.1) is 0 Å². The Hall–Kier alpha value is -2.82. The number of ether oxygens (including phenoxy) is 1. The maximum atomic E-state index is 10.5. The van der Waals surface area contributed by atoms with Crippen LogP contribution in [-0.4, -0.2) is 23.3 Å². The highest BCUT2D eigenvalue weighted by molar-refractivity contribution is 5.70. The normalized spacial score (nSPS) is 10.9. The Morgan fingerprint density at radius 2 is 1.83 bits per heavy atom. The number of carboxylic acid groups (broad SMARTS) is 1. The van der Waals surface area contributed by atoms with Crippen LogP contribution < -0.4 is 9.30 Å². The molecule has 0 amide bonds. The summed E-state index contributed by atoms with van der Waals surface area (Å²) in [6, 6.07) is 9.21. The van der Waals surface area contributed by atoms with Crippen LogP contribution in [0.5, 0.6) is 11.5 Å². The first kappa shape index (κ1) is 17.5. The highest BCUT2D eigenvalue weighted by Crippen LogP contribution is 2.26. The van der Waals surface area contributed by atoms with Crippen molar-refractivity contribution in [1.29, 1.82) is 0 Å². The van der Waals surface area contributed by atoms with Crippen molar-refractivity contribution < 1.29 is 24.3 Å². The molecule has 0 radical (unpaired) electrons. The van der Waals surface area contributed by atoms with E-state index in [0.717, 1.165) is 24.1 Å². The summed E-state index contributed by atoms with van der Waals surface area (Å²) in [5, 5.41) is 18.2. The zero-order valence-corrected chi connectivity index (χ0v) is 13.7. The van der Waals surface area contributed by atoms with E-state index in [1.807, 2.05) is 47.3 Å². The fourth-order valence-corrected chi connectivity index (χ4v) is 2.29. The van der Waals surface area contributed by atoms with E-state index in [9.17, 15) is 9.90 Å². The van der Waals surface area contributed by atoms with Gasteiger partial charge in [0.15, 0.2) is 23.9 Å². The number of aromatic hydroxyl groups is 1. The average Bonchev–Trinajstić information content (AvgIpc) is 2.59. The number of hydrogen-bond donors (Lipinski definition) is 2. The van der Waals surface area contributed by atoms with E-state index in [1.54, 1.807) is 12.1 Å². The van der Waals surface area contributed by atoms with E-state index in [1.165, 1.54) is 7.11 Å². The molecular formula is C19H22NO4+. The Balaban J connectivity index is 1.92. The zero-order chi connectivity index (χ0) is 17.4. The van der Waals surface area contributed by atoms with Crippen LogP contribution in [0.3, 0.4) is 0 Å². The van der Waals surface area contributed by atoms with E-state index in [4.69, 9.17) is 9.84 Å². The summed E-state index contributed by atoms with van der Waals surface area (Å²) in [5.41, 5.74) is 2.00. The molecule has 0 spiro atoms. The number of carbonyl (C=O) groups is 1. The van der Waals surface area contributed by atoms with E-state index < -0.39 is 5.97 Å². The molecule has 0 saturated carbocycles. The third-order valence-corrected chi connectivity index (χ3v) is 3.65. The van der Waals surface area contributed by atoms with Crippen molar-refractivity contribution in [2.24, 2.45) is 0 Å². The molecule has 0 bridgehead atoms. The summed E-state index contributed by atoms with van der Waals surface area (Å²) >= 11 is 0. The van der Waals surface area contributed by atoms with Crippen LogP contribution >= 0.6 is 0 Å². The fourth-order valence-electron chi connectivity index (χ4n) is 2.29. The summed E-state index contributed by atoms with van der Waals surface area (Å²) in [4.78, 5) is 10.5. The Labute approximate surface area is 141 Å². The van der Waals surface area contributed by atoms with Gasteiger partial charge in [-0.1, -0.05) is 18.2 Å². The maximum Gasteiger partial charge on any atom is 0.303 e. The Morgan fingerprint density at radius 3 is 2.50 bits per heavy atom. The third kappa shape index (κ3) is 5.43.